The predicted octanol–water partition coefficient (Wildman–Crippen LogP) is 2.67. The van der Waals surface area contributed by atoms with Crippen LogP contribution in [0, 0.1) is 13.8 Å². The third kappa shape index (κ3) is 4.23. The number of rotatable bonds is 4. The zero-order chi connectivity index (χ0) is 22.1. The number of nitrogens with zero attached hydrogens (tertiary/aromatic N) is 3. The highest BCUT2D eigenvalue weighted by Gasteiger charge is 2.27. The third-order valence-electron chi connectivity index (χ3n) is 5.53. The Hall–Kier alpha value is -3.42. The van der Waals surface area contributed by atoms with E-state index in [2.05, 4.69) is 4.98 Å². The van der Waals surface area contributed by atoms with E-state index in [1.807, 2.05) is 18.4 Å². The zero-order valence-corrected chi connectivity index (χ0v) is 17.9. The van der Waals surface area contributed by atoms with E-state index in [9.17, 15) is 14.4 Å². The van der Waals surface area contributed by atoms with Crippen molar-refractivity contribution >= 4 is 16.9 Å². The van der Waals surface area contributed by atoms with Gasteiger partial charge in [0.15, 0.2) is 0 Å². The average Bonchev–Trinajstić information content (AvgIpc) is 2.73. The first kappa shape index (κ1) is 20.8. The minimum Gasteiger partial charge on any atom is -0.490 e. The fourth-order valence-corrected chi connectivity index (χ4v) is 3.94. The van der Waals surface area contributed by atoms with Crippen LogP contribution in [0.3, 0.4) is 0 Å². The van der Waals surface area contributed by atoms with Gasteiger partial charge in [0, 0.05) is 50.4 Å². The van der Waals surface area contributed by atoms with E-state index < -0.39 is 5.63 Å². The average molecular weight is 423 g/mol. The summed E-state index contributed by atoms with van der Waals surface area (Å²) >= 11 is 0. The van der Waals surface area contributed by atoms with Gasteiger partial charge in [-0.25, -0.2) is 9.78 Å². The molecule has 1 aliphatic rings. The van der Waals surface area contributed by atoms with E-state index in [1.54, 1.807) is 36.2 Å². The molecule has 0 aliphatic carbocycles. The number of amides is 1. The van der Waals surface area contributed by atoms with E-state index in [0.717, 1.165) is 5.69 Å². The molecule has 0 saturated carbocycles. The number of hydrogen-bond donors (Lipinski definition) is 0. The zero-order valence-electron chi connectivity index (χ0n) is 17.9. The topological polar surface area (TPSA) is 94.6 Å². The second-order valence-electron chi connectivity index (χ2n) is 7.81. The molecule has 0 spiro atoms. The van der Waals surface area contributed by atoms with Gasteiger partial charge in [0.25, 0.3) is 5.91 Å². The smallest absolute Gasteiger partial charge is 0.339 e. The largest absolute Gasteiger partial charge is 0.490 e. The van der Waals surface area contributed by atoms with Gasteiger partial charge in [0.1, 0.15) is 28.8 Å². The van der Waals surface area contributed by atoms with E-state index in [0.29, 0.717) is 55.0 Å². The number of likely N-dealkylation sites (tertiary alicyclic amines) is 1. The first-order chi connectivity index (χ1) is 14.9. The molecule has 3 aromatic rings. The molecule has 162 valence electrons. The Labute approximate surface area is 179 Å². The first-order valence-corrected chi connectivity index (χ1v) is 10.4. The van der Waals surface area contributed by atoms with Crippen LogP contribution in [0.25, 0.3) is 11.0 Å². The van der Waals surface area contributed by atoms with Crippen LogP contribution in [-0.2, 0) is 6.54 Å². The van der Waals surface area contributed by atoms with Crippen LogP contribution < -0.4 is 15.8 Å². The molecular weight excluding hydrogens is 398 g/mol. The Morgan fingerprint density at radius 1 is 1.19 bits per heavy atom. The number of aryl methyl sites for hydroxylation is 3. The second-order valence-corrected chi connectivity index (χ2v) is 7.81. The summed E-state index contributed by atoms with van der Waals surface area (Å²) in [6, 6.07) is 6.52. The summed E-state index contributed by atoms with van der Waals surface area (Å²) in [6.07, 6.45) is 2.73. The highest BCUT2D eigenvalue weighted by atomic mass is 16.5. The quantitative estimate of drug-likeness (QED) is 0.640. The normalized spacial score (nSPS) is 14.7. The molecule has 0 aromatic carbocycles. The maximum Gasteiger partial charge on any atom is 0.339 e. The summed E-state index contributed by atoms with van der Waals surface area (Å²) in [7, 11) is 0. The Morgan fingerprint density at radius 2 is 1.94 bits per heavy atom. The summed E-state index contributed by atoms with van der Waals surface area (Å²) in [5.74, 6) is 0.689. The number of carbonyl (C=O) groups excluding carboxylic acids is 1. The molecule has 8 heteroatoms. The third-order valence-corrected chi connectivity index (χ3v) is 5.53. The van der Waals surface area contributed by atoms with Crippen molar-refractivity contribution in [2.45, 2.75) is 46.3 Å². The Morgan fingerprint density at radius 3 is 2.61 bits per heavy atom. The lowest BCUT2D eigenvalue weighted by atomic mass is 10.1. The van der Waals surface area contributed by atoms with Crippen LogP contribution in [0.15, 0.2) is 44.5 Å². The number of pyridine rings is 2. The van der Waals surface area contributed by atoms with Crippen molar-refractivity contribution in [2.75, 3.05) is 13.1 Å². The highest BCUT2D eigenvalue weighted by molar-refractivity contribution is 5.97. The number of hydrogen-bond acceptors (Lipinski definition) is 6. The summed E-state index contributed by atoms with van der Waals surface area (Å²) in [5, 5.41) is 0.454. The van der Waals surface area contributed by atoms with E-state index in [1.165, 1.54) is 6.07 Å². The molecule has 4 rings (SSSR count). The van der Waals surface area contributed by atoms with E-state index in [4.69, 9.17) is 9.15 Å². The van der Waals surface area contributed by atoms with E-state index >= 15 is 0 Å². The molecule has 8 nitrogen and oxygen atoms in total. The second kappa shape index (κ2) is 8.37. The molecule has 0 atom stereocenters. The van der Waals surface area contributed by atoms with Gasteiger partial charge in [0.2, 0.25) is 5.43 Å². The molecule has 0 N–H and O–H groups in total. The van der Waals surface area contributed by atoms with Crippen LogP contribution >= 0.6 is 0 Å². The summed E-state index contributed by atoms with van der Waals surface area (Å²) < 4.78 is 12.7. The maximum atomic E-state index is 13.2. The maximum absolute atomic E-state index is 13.2. The van der Waals surface area contributed by atoms with Gasteiger partial charge < -0.3 is 18.6 Å². The van der Waals surface area contributed by atoms with Crippen molar-refractivity contribution in [3.8, 4) is 5.75 Å². The summed E-state index contributed by atoms with van der Waals surface area (Å²) in [4.78, 5) is 43.8. The van der Waals surface area contributed by atoms with E-state index in [-0.39, 0.29) is 23.0 Å². The van der Waals surface area contributed by atoms with Gasteiger partial charge >= 0.3 is 5.63 Å². The predicted molar refractivity (Wildman–Crippen MR) is 116 cm³/mol. The summed E-state index contributed by atoms with van der Waals surface area (Å²) in [5.41, 5.74) is 0.842. The first-order valence-electron chi connectivity index (χ1n) is 10.4. The minimum atomic E-state index is -0.448. The van der Waals surface area contributed by atoms with Crippen LogP contribution in [-0.4, -0.2) is 39.6 Å². The number of aromatic nitrogens is 2. The summed E-state index contributed by atoms with van der Waals surface area (Å²) in [6.45, 7) is 7.07. The van der Waals surface area contributed by atoms with Gasteiger partial charge in [-0.3, -0.25) is 9.59 Å². The number of carbonyl (C=O) groups is 1. The minimum absolute atomic E-state index is 0.110. The molecule has 3 aromatic heterocycles. The molecule has 0 unspecified atom stereocenters. The fraction of sp³-hybridized carbons (Fsp3) is 0.391. The van der Waals surface area contributed by atoms with Gasteiger partial charge in [-0.15, -0.1) is 0 Å². The number of piperidine rings is 1. The standard InChI is InChI=1S/C23H25N3O5/c1-4-25-13-19(21(28)18-6-5-14(2)24-22(18)25)23(29)26-9-7-16(8-10-26)31-17-11-15(3)30-20(27)12-17/h5-6,11-13,16H,4,7-10H2,1-3H3. The van der Waals surface area contributed by atoms with Crippen LogP contribution in [0.2, 0.25) is 0 Å². The van der Waals surface area contributed by atoms with Crippen molar-refractivity contribution in [3.63, 3.8) is 0 Å². The monoisotopic (exact) mass is 423 g/mol. The number of ether oxygens (including phenoxy) is 1. The van der Waals surface area contributed by atoms with Crippen molar-refractivity contribution < 1.29 is 13.9 Å². The Bertz CT molecular complexity index is 1250. The van der Waals surface area contributed by atoms with Gasteiger partial charge in [-0.05, 0) is 32.9 Å². The number of fused-ring (bicyclic) bond motifs is 1. The highest BCUT2D eigenvalue weighted by Crippen LogP contribution is 2.20. The molecule has 1 fully saturated rings. The molecular formula is C23H25N3O5. The van der Waals surface area contributed by atoms with Crippen LogP contribution in [0.1, 0.15) is 41.6 Å². The Kier molecular flexibility index (Phi) is 5.63. The lowest BCUT2D eigenvalue weighted by Gasteiger charge is -2.32. The van der Waals surface area contributed by atoms with Crippen molar-refractivity contribution in [3.05, 3.63) is 68.1 Å². The SMILES string of the molecule is CCn1cc(C(=O)N2CCC(Oc3cc(C)oc(=O)c3)CC2)c(=O)c2ccc(C)nc21. The van der Waals surface area contributed by atoms with Crippen molar-refractivity contribution in [1.82, 2.24) is 14.5 Å². The molecule has 0 radical (unpaired) electrons. The molecule has 1 saturated heterocycles. The van der Waals surface area contributed by atoms with Gasteiger partial charge in [0.05, 0.1) is 11.5 Å². The molecule has 4 heterocycles. The lowest BCUT2D eigenvalue weighted by Crippen LogP contribution is -2.43. The van der Waals surface area contributed by atoms with Gasteiger partial charge in [-0.1, -0.05) is 0 Å². The fourth-order valence-electron chi connectivity index (χ4n) is 3.94. The Balaban J connectivity index is 1.51. The van der Waals surface area contributed by atoms with Crippen molar-refractivity contribution in [1.29, 1.82) is 0 Å². The molecule has 0 bridgehead atoms. The lowest BCUT2D eigenvalue weighted by molar-refractivity contribution is 0.0592. The van der Waals surface area contributed by atoms with Crippen LogP contribution in [0.5, 0.6) is 5.75 Å². The molecule has 31 heavy (non-hydrogen) atoms. The van der Waals surface area contributed by atoms with Gasteiger partial charge in [-0.2, -0.15) is 0 Å². The van der Waals surface area contributed by atoms with Crippen LogP contribution in [0.4, 0.5) is 0 Å². The molecule has 1 amide bonds. The van der Waals surface area contributed by atoms with Crippen molar-refractivity contribution in [2.24, 2.45) is 0 Å². The molecule has 1 aliphatic heterocycles.